The highest BCUT2D eigenvalue weighted by Crippen LogP contribution is 2.25. The maximum absolute atomic E-state index is 12.6. The zero-order valence-corrected chi connectivity index (χ0v) is 20.8. The van der Waals surface area contributed by atoms with Gasteiger partial charge in [-0.1, -0.05) is 46.8 Å². The lowest BCUT2D eigenvalue weighted by molar-refractivity contribution is 0.0585. The molecule has 0 saturated carbocycles. The number of methoxy groups -OCH3 is 2. The molecule has 2 heterocycles. The van der Waals surface area contributed by atoms with Crippen LogP contribution in [0.25, 0.3) is 23.0 Å². The Morgan fingerprint density at radius 1 is 0.784 bits per heavy atom. The van der Waals surface area contributed by atoms with Crippen molar-refractivity contribution in [3.63, 3.8) is 0 Å². The molecule has 0 saturated heterocycles. The summed E-state index contributed by atoms with van der Waals surface area (Å²) in [6.07, 6.45) is 5.21. The van der Waals surface area contributed by atoms with Crippen molar-refractivity contribution in [2.75, 3.05) is 28.3 Å². The summed E-state index contributed by atoms with van der Waals surface area (Å²) in [5, 5.41) is 16.5. The number of allylic oxidation sites excluding steroid dienone is 2. The molecule has 0 bridgehead atoms. The molecule has 2 aromatic heterocycles. The van der Waals surface area contributed by atoms with Crippen molar-refractivity contribution in [2.45, 2.75) is 0 Å². The van der Waals surface area contributed by atoms with Crippen LogP contribution in [-0.4, -0.2) is 75.1 Å². The molecule has 0 aliphatic carbocycles. The lowest BCUT2D eigenvalue weighted by Gasteiger charge is -2.12. The number of hydrogen-bond donors (Lipinski definition) is 0. The topological polar surface area (TPSA) is 117 Å². The van der Waals surface area contributed by atoms with Crippen LogP contribution in [0.1, 0.15) is 32.4 Å². The highest BCUT2D eigenvalue weighted by atomic mass is 16.5. The summed E-state index contributed by atoms with van der Waals surface area (Å²) >= 11 is 0. The van der Waals surface area contributed by atoms with Gasteiger partial charge in [-0.15, -0.1) is 10.2 Å². The lowest BCUT2D eigenvalue weighted by Crippen LogP contribution is -2.10. The van der Waals surface area contributed by atoms with Crippen LogP contribution in [0.2, 0.25) is 0 Å². The summed E-state index contributed by atoms with van der Waals surface area (Å²) in [5.74, 6) is -1.27. The minimum absolute atomic E-state index is 0.0342. The number of nitrogens with zero attached hydrogens (tertiary/aromatic N) is 7. The Labute approximate surface area is 213 Å². The summed E-state index contributed by atoms with van der Waals surface area (Å²) < 4.78 is 13.0. The van der Waals surface area contributed by atoms with Gasteiger partial charge in [-0.3, -0.25) is 0 Å². The molecule has 4 aromatic rings. The van der Waals surface area contributed by atoms with Crippen molar-refractivity contribution in [1.82, 2.24) is 34.9 Å². The van der Waals surface area contributed by atoms with E-state index in [0.29, 0.717) is 28.3 Å². The van der Waals surface area contributed by atoms with Crippen molar-refractivity contribution < 1.29 is 19.1 Å². The minimum atomic E-state index is -0.638. The van der Waals surface area contributed by atoms with E-state index in [0.717, 1.165) is 0 Å². The van der Waals surface area contributed by atoms with Crippen LogP contribution in [0.4, 0.5) is 0 Å². The molecule has 11 nitrogen and oxygen atoms in total. The Kier molecular flexibility index (Phi) is 7.53. The first-order valence-corrected chi connectivity index (χ1v) is 11.2. The van der Waals surface area contributed by atoms with E-state index in [9.17, 15) is 9.59 Å². The second-order valence-electron chi connectivity index (χ2n) is 7.97. The van der Waals surface area contributed by atoms with Crippen molar-refractivity contribution in [1.29, 1.82) is 0 Å². The van der Waals surface area contributed by atoms with E-state index in [-0.39, 0.29) is 11.4 Å². The van der Waals surface area contributed by atoms with E-state index in [1.807, 2.05) is 79.7 Å². The van der Waals surface area contributed by atoms with Gasteiger partial charge in [0.1, 0.15) is 11.4 Å². The van der Waals surface area contributed by atoms with Gasteiger partial charge in [0.05, 0.1) is 25.6 Å². The predicted molar refractivity (Wildman–Crippen MR) is 136 cm³/mol. The molecule has 0 aliphatic rings. The summed E-state index contributed by atoms with van der Waals surface area (Å²) in [5.41, 5.74) is 2.83. The molecule has 37 heavy (non-hydrogen) atoms. The van der Waals surface area contributed by atoms with Crippen LogP contribution >= 0.6 is 0 Å². The predicted octanol–water partition coefficient (Wildman–Crippen LogP) is 3.04. The third-order valence-corrected chi connectivity index (χ3v) is 5.23. The monoisotopic (exact) mass is 499 g/mol. The summed E-state index contributed by atoms with van der Waals surface area (Å²) in [6, 6.07) is 18.6. The molecule has 0 N–H and O–H groups in total. The van der Waals surface area contributed by atoms with Crippen molar-refractivity contribution in [2.24, 2.45) is 0 Å². The van der Waals surface area contributed by atoms with Gasteiger partial charge in [-0.25, -0.2) is 19.0 Å². The zero-order valence-electron chi connectivity index (χ0n) is 20.8. The third kappa shape index (κ3) is 5.30. The van der Waals surface area contributed by atoms with Crippen LogP contribution in [0, 0.1) is 0 Å². The smallest absolute Gasteiger partial charge is 0.360 e. The van der Waals surface area contributed by atoms with E-state index >= 15 is 0 Å². The fourth-order valence-electron chi connectivity index (χ4n) is 3.60. The average Bonchev–Trinajstić information content (AvgIpc) is 3.56. The molecule has 0 radical (unpaired) electrons. The van der Waals surface area contributed by atoms with Crippen LogP contribution < -0.4 is 0 Å². The van der Waals surface area contributed by atoms with Gasteiger partial charge in [0.2, 0.25) is 0 Å². The average molecular weight is 500 g/mol. The van der Waals surface area contributed by atoms with Gasteiger partial charge in [-0.05, 0) is 36.4 Å². The fourth-order valence-corrected chi connectivity index (χ4v) is 3.60. The first-order valence-electron chi connectivity index (χ1n) is 11.2. The second kappa shape index (κ2) is 11.1. The van der Waals surface area contributed by atoms with Gasteiger partial charge < -0.3 is 14.4 Å². The number of carbonyl (C=O) groups is 2. The highest BCUT2D eigenvalue weighted by Gasteiger charge is 2.25. The van der Waals surface area contributed by atoms with Gasteiger partial charge in [0.25, 0.3) is 0 Å². The molecule has 2 aromatic carbocycles. The molecule has 188 valence electrons. The molecule has 0 atom stereocenters. The number of benzene rings is 2. The quantitative estimate of drug-likeness (QED) is 0.266. The summed E-state index contributed by atoms with van der Waals surface area (Å²) in [7, 11) is 6.25. The first-order chi connectivity index (χ1) is 17.9. The Morgan fingerprint density at radius 3 is 1.86 bits per heavy atom. The maximum atomic E-state index is 12.6. The molecule has 11 heteroatoms. The number of aromatic nitrogens is 6. The Bertz CT molecular complexity index is 1450. The van der Waals surface area contributed by atoms with E-state index in [2.05, 4.69) is 20.6 Å². The largest absolute Gasteiger partial charge is 0.464 e. The molecule has 0 amide bonds. The van der Waals surface area contributed by atoms with Gasteiger partial charge in [-0.2, -0.15) is 0 Å². The Balaban J connectivity index is 1.91. The zero-order chi connectivity index (χ0) is 26.4. The van der Waals surface area contributed by atoms with E-state index in [1.165, 1.54) is 18.9 Å². The molecule has 4 rings (SSSR count). The van der Waals surface area contributed by atoms with Crippen molar-refractivity contribution in [3.8, 4) is 11.4 Å². The number of rotatable bonds is 8. The molecule has 0 unspecified atom stereocenters. The SMILES string of the molecule is COC(=O)c1nnn(-c2ccccc2)c1/C=C/C(=C/N(C)C)c1c(C(=O)OC)nnn1-c1ccccc1. The minimum Gasteiger partial charge on any atom is -0.464 e. The van der Waals surface area contributed by atoms with E-state index in [4.69, 9.17) is 9.47 Å². The molecule has 0 aliphatic heterocycles. The van der Waals surface area contributed by atoms with Gasteiger partial charge in [0.15, 0.2) is 11.4 Å². The summed E-state index contributed by atoms with van der Waals surface area (Å²) in [4.78, 5) is 26.9. The number of para-hydroxylation sites is 2. The Hall–Kier alpha value is -5.06. The van der Waals surface area contributed by atoms with E-state index in [1.54, 1.807) is 23.0 Å². The molecular weight excluding hydrogens is 474 g/mol. The maximum Gasteiger partial charge on any atom is 0.360 e. The second-order valence-corrected chi connectivity index (χ2v) is 7.97. The molecule has 0 spiro atoms. The standard InChI is InChI=1S/C26H25N7O4/c1-31(2)17-18(24-23(26(35)37-4)28-30-33(24)20-13-9-6-10-14-20)15-16-21-22(25(34)36-3)27-29-32(21)19-11-7-5-8-12-19/h5-17H,1-4H3/b16-15+,18-17-. The van der Waals surface area contributed by atoms with Crippen molar-refractivity contribution in [3.05, 3.63) is 95.7 Å². The van der Waals surface area contributed by atoms with Crippen molar-refractivity contribution >= 4 is 23.6 Å². The highest BCUT2D eigenvalue weighted by molar-refractivity contribution is 5.96. The van der Waals surface area contributed by atoms with Crippen LogP contribution in [0.5, 0.6) is 0 Å². The van der Waals surface area contributed by atoms with Crippen LogP contribution in [0.15, 0.2) is 72.9 Å². The van der Waals surface area contributed by atoms with E-state index < -0.39 is 11.9 Å². The Morgan fingerprint density at radius 2 is 1.30 bits per heavy atom. The summed E-state index contributed by atoms with van der Waals surface area (Å²) in [6.45, 7) is 0. The normalized spacial score (nSPS) is 11.5. The lowest BCUT2D eigenvalue weighted by atomic mass is 10.1. The number of hydrogen-bond acceptors (Lipinski definition) is 9. The molecule has 0 fully saturated rings. The fraction of sp³-hybridized carbons (Fsp3) is 0.154. The molecular formula is C26H25N7O4. The van der Waals surface area contributed by atoms with Gasteiger partial charge in [0, 0.05) is 25.9 Å². The number of carbonyl (C=O) groups excluding carboxylic acids is 2. The first kappa shape index (κ1) is 25.0. The van der Waals surface area contributed by atoms with Gasteiger partial charge >= 0.3 is 11.9 Å². The van der Waals surface area contributed by atoms with Crippen LogP contribution in [-0.2, 0) is 9.47 Å². The third-order valence-electron chi connectivity index (χ3n) is 5.23. The number of esters is 2. The van der Waals surface area contributed by atoms with Crippen LogP contribution in [0.3, 0.4) is 0 Å². The number of ether oxygens (including phenoxy) is 2.